The van der Waals surface area contributed by atoms with Gasteiger partial charge in [-0.25, -0.2) is 0 Å². The van der Waals surface area contributed by atoms with Gasteiger partial charge in [-0.05, 0) is 49.7 Å². The molecule has 0 bridgehead atoms. The Hall–Kier alpha value is -3.52. The lowest BCUT2D eigenvalue weighted by atomic mass is 9.99. The predicted octanol–water partition coefficient (Wildman–Crippen LogP) is 4.12. The first-order valence-electron chi connectivity index (χ1n) is 8.52. The van der Waals surface area contributed by atoms with E-state index >= 15 is 0 Å². The SMILES string of the molecule is COc1ccc(-c2cc(C)[nH]c(=O)c2C#N)cc1COc1ccc(C)cc1. The molecule has 0 unspecified atom stereocenters. The summed E-state index contributed by atoms with van der Waals surface area (Å²) in [5, 5.41) is 9.38. The Balaban J connectivity index is 1.98. The van der Waals surface area contributed by atoms with Crippen molar-refractivity contribution in [2.75, 3.05) is 7.11 Å². The lowest BCUT2D eigenvalue weighted by Gasteiger charge is -2.13. The summed E-state index contributed by atoms with van der Waals surface area (Å²) in [4.78, 5) is 14.7. The summed E-state index contributed by atoms with van der Waals surface area (Å²) in [5.74, 6) is 1.45. The zero-order valence-electron chi connectivity index (χ0n) is 15.5. The minimum absolute atomic E-state index is 0.0937. The molecule has 5 heteroatoms. The Kier molecular flexibility index (Phi) is 5.28. The van der Waals surface area contributed by atoms with Gasteiger partial charge in [0.2, 0.25) is 0 Å². The van der Waals surface area contributed by atoms with E-state index in [1.807, 2.05) is 55.5 Å². The van der Waals surface area contributed by atoms with E-state index < -0.39 is 0 Å². The number of nitrogens with zero attached hydrogens (tertiary/aromatic N) is 1. The average Bonchev–Trinajstić information content (AvgIpc) is 2.66. The van der Waals surface area contributed by atoms with Crippen LogP contribution in [0.5, 0.6) is 11.5 Å². The first-order chi connectivity index (χ1) is 13.0. The summed E-state index contributed by atoms with van der Waals surface area (Å²) < 4.78 is 11.3. The number of benzene rings is 2. The number of methoxy groups -OCH3 is 1. The Morgan fingerprint density at radius 3 is 2.48 bits per heavy atom. The van der Waals surface area contributed by atoms with Gasteiger partial charge < -0.3 is 14.5 Å². The number of rotatable bonds is 5. The largest absolute Gasteiger partial charge is 0.496 e. The van der Waals surface area contributed by atoms with E-state index in [2.05, 4.69) is 4.98 Å². The van der Waals surface area contributed by atoms with E-state index in [-0.39, 0.29) is 11.1 Å². The first-order valence-corrected chi connectivity index (χ1v) is 8.52. The second-order valence-corrected chi connectivity index (χ2v) is 6.31. The van der Waals surface area contributed by atoms with Gasteiger partial charge in [0, 0.05) is 16.8 Å². The number of nitriles is 1. The molecule has 3 aromatic rings. The van der Waals surface area contributed by atoms with Gasteiger partial charge in [0.25, 0.3) is 5.56 Å². The highest BCUT2D eigenvalue weighted by molar-refractivity contribution is 5.71. The Labute approximate surface area is 157 Å². The van der Waals surface area contributed by atoms with E-state index in [1.54, 1.807) is 20.1 Å². The number of aryl methyl sites for hydroxylation is 2. The van der Waals surface area contributed by atoms with Crippen LogP contribution in [-0.4, -0.2) is 12.1 Å². The minimum atomic E-state index is -0.388. The molecule has 0 amide bonds. The summed E-state index contributed by atoms with van der Waals surface area (Å²) in [7, 11) is 1.60. The fourth-order valence-corrected chi connectivity index (χ4v) is 2.88. The van der Waals surface area contributed by atoms with Crippen molar-refractivity contribution in [2.45, 2.75) is 20.5 Å². The number of H-pyrrole nitrogens is 1. The molecule has 0 radical (unpaired) electrons. The van der Waals surface area contributed by atoms with Crippen LogP contribution in [0, 0.1) is 25.2 Å². The van der Waals surface area contributed by atoms with E-state index in [9.17, 15) is 10.1 Å². The molecule has 1 aromatic heterocycles. The average molecular weight is 360 g/mol. The van der Waals surface area contributed by atoms with Gasteiger partial charge in [-0.2, -0.15) is 5.26 Å². The zero-order valence-corrected chi connectivity index (χ0v) is 15.5. The molecule has 0 aliphatic heterocycles. The number of hydrogen-bond acceptors (Lipinski definition) is 4. The molecule has 0 saturated carbocycles. The van der Waals surface area contributed by atoms with Crippen molar-refractivity contribution < 1.29 is 9.47 Å². The van der Waals surface area contributed by atoms with Crippen molar-refractivity contribution in [1.82, 2.24) is 4.98 Å². The highest BCUT2D eigenvalue weighted by Crippen LogP contribution is 2.29. The topological polar surface area (TPSA) is 75.1 Å². The van der Waals surface area contributed by atoms with E-state index in [1.165, 1.54) is 0 Å². The summed E-state index contributed by atoms with van der Waals surface area (Å²) >= 11 is 0. The molecular weight excluding hydrogens is 340 g/mol. The normalized spacial score (nSPS) is 10.3. The predicted molar refractivity (Wildman–Crippen MR) is 104 cm³/mol. The number of ether oxygens (including phenoxy) is 2. The smallest absolute Gasteiger partial charge is 0.266 e. The Morgan fingerprint density at radius 2 is 1.81 bits per heavy atom. The summed E-state index contributed by atoms with van der Waals surface area (Å²) in [6.45, 7) is 4.12. The van der Waals surface area contributed by atoms with Crippen LogP contribution in [0.1, 0.15) is 22.4 Å². The molecule has 1 heterocycles. The molecule has 0 atom stereocenters. The molecule has 27 heavy (non-hydrogen) atoms. The van der Waals surface area contributed by atoms with Crippen molar-refractivity contribution in [3.05, 3.63) is 81.3 Å². The second-order valence-electron chi connectivity index (χ2n) is 6.31. The number of pyridine rings is 1. The number of aromatic nitrogens is 1. The molecule has 3 rings (SSSR count). The standard InChI is InChI=1S/C22H20N2O3/c1-14-4-7-18(8-5-14)27-13-17-11-16(6-9-21(17)26-3)19-10-15(2)24-22(25)20(19)12-23/h4-11H,13H2,1-3H3,(H,24,25). The number of hydrogen-bond donors (Lipinski definition) is 1. The molecule has 136 valence electrons. The summed E-state index contributed by atoms with van der Waals surface area (Å²) in [6.07, 6.45) is 0. The van der Waals surface area contributed by atoms with Crippen LogP contribution in [0.3, 0.4) is 0 Å². The van der Waals surface area contributed by atoms with Gasteiger partial charge in [0.05, 0.1) is 7.11 Å². The fourth-order valence-electron chi connectivity index (χ4n) is 2.88. The van der Waals surface area contributed by atoms with Crippen LogP contribution in [0.25, 0.3) is 11.1 Å². The minimum Gasteiger partial charge on any atom is -0.496 e. The Morgan fingerprint density at radius 1 is 1.07 bits per heavy atom. The third-order valence-corrected chi connectivity index (χ3v) is 4.29. The highest BCUT2D eigenvalue weighted by atomic mass is 16.5. The van der Waals surface area contributed by atoms with Gasteiger partial charge in [0.15, 0.2) is 0 Å². The lowest BCUT2D eigenvalue weighted by molar-refractivity contribution is 0.296. The molecule has 0 spiro atoms. The summed E-state index contributed by atoms with van der Waals surface area (Å²) in [6, 6.07) is 17.1. The van der Waals surface area contributed by atoms with Crippen LogP contribution < -0.4 is 15.0 Å². The number of nitrogens with one attached hydrogen (secondary N) is 1. The highest BCUT2D eigenvalue weighted by Gasteiger charge is 2.13. The quantitative estimate of drug-likeness (QED) is 0.743. The van der Waals surface area contributed by atoms with Crippen molar-refractivity contribution >= 4 is 0 Å². The fraction of sp³-hybridized carbons (Fsp3) is 0.182. The maximum atomic E-state index is 12.1. The van der Waals surface area contributed by atoms with Gasteiger partial charge in [-0.3, -0.25) is 4.79 Å². The molecule has 0 fully saturated rings. The van der Waals surface area contributed by atoms with Crippen LogP contribution in [0.2, 0.25) is 0 Å². The van der Waals surface area contributed by atoms with Crippen molar-refractivity contribution in [3.63, 3.8) is 0 Å². The lowest BCUT2D eigenvalue weighted by Crippen LogP contribution is -2.12. The molecule has 0 aliphatic rings. The van der Waals surface area contributed by atoms with Gasteiger partial charge in [-0.15, -0.1) is 0 Å². The van der Waals surface area contributed by atoms with Crippen molar-refractivity contribution in [2.24, 2.45) is 0 Å². The monoisotopic (exact) mass is 360 g/mol. The third-order valence-electron chi connectivity index (χ3n) is 4.29. The second kappa shape index (κ2) is 7.79. The van der Waals surface area contributed by atoms with E-state index in [0.717, 1.165) is 22.4 Å². The van der Waals surface area contributed by atoms with Gasteiger partial charge in [-0.1, -0.05) is 23.8 Å². The molecule has 0 aliphatic carbocycles. The van der Waals surface area contributed by atoms with Crippen molar-refractivity contribution in [3.8, 4) is 28.7 Å². The maximum absolute atomic E-state index is 12.1. The van der Waals surface area contributed by atoms with Gasteiger partial charge >= 0.3 is 0 Å². The van der Waals surface area contributed by atoms with Crippen LogP contribution in [0.4, 0.5) is 0 Å². The van der Waals surface area contributed by atoms with E-state index in [4.69, 9.17) is 9.47 Å². The molecule has 2 aromatic carbocycles. The molecule has 1 N–H and O–H groups in total. The van der Waals surface area contributed by atoms with Gasteiger partial charge in [0.1, 0.15) is 29.7 Å². The maximum Gasteiger partial charge on any atom is 0.266 e. The third kappa shape index (κ3) is 4.01. The molecule has 0 saturated heterocycles. The van der Waals surface area contributed by atoms with Crippen LogP contribution in [0.15, 0.2) is 53.3 Å². The van der Waals surface area contributed by atoms with Crippen LogP contribution in [-0.2, 0) is 6.61 Å². The first kappa shape index (κ1) is 18.3. The van der Waals surface area contributed by atoms with E-state index in [0.29, 0.717) is 23.6 Å². The zero-order chi connectivity index (χ0) is 19.4. The Bertz CT molecular complexity index is 1060. The van der Waals surface area contributed by atoms with Crippen molar-refractivity contribution in [1.29, 1.82) is 5.26 Å². The molecular formula is C22H20N2O3. The molecule has 5 nitrogen and oxygen atoms in total. The number of aromatic amines is 1. The van der Waals surface area contributed by atoms with Crippen LogP contribution >= 0.6 is 0 Å². The summed E-state index contributed by atoms with van der Waals surface area (Å²) in [5.41, 5.74) is 3.76.